The van der Waals surface area contributed by atoms with E-state index in [2.05, 4.69) is 0 Å². The summed E-state index contributed by atoms with van der Waals surface area (Å²) in [5.74, 6) is 0.567. The van der Waals surface area contributed by atoms with E-state index in [9.17, 15) is 13.2 Å². The molecule has 6 nitrogen and oxygen atoms in total. The molecule has 2 heterocycles. The van der Waals surface area contributed by atoms with Crippen molar-refractivity contribution in [1.82, 2.24) is 9.21 Å². The summed E-state index contributed by atoms with van der Waals surface area (Å²) in [4.78, 5) is 14.6. The molecule has 1 aromatic carbocycles. The van der Waals surface area contributed by atoms with Crippen LogP contribution in [0.25, 0.3) is 0 Å². The second-order valence-electron chi connectivity index (χ2n) is 6.21. The summed E-state index contributed by atoms with van der Waals surface area (Å²) in [7, 11) is -0.569. The Morgan fingerprint density at radius 2 is 2.15 bits per heavy atom. The number of nitrogens with zero attached hydrogens (tertiary/aromatic N) is 2. The van der Waals surface area contributed by atoms with Crippen LogP contribution in [0.1, 0.15) is 24.4 Å². The van der Waals surface area contributed by atoms with Gasteiger partial charge >= 0.3 is 0 Å². The van der Waals surface area contributed by atoms with Gasteiger partial charge < -0.3 is 9.64 Å². The third kappa shape index (κ3) is 3.77. The topological polar surface area (TPSA) is 66.9 Å². The minimum atomic E-state index is -3.63. The average Bonchev–Trinajstić information content (AvgIpc) is 3.33. The van der Waals surface area contributed by atoms with Crippen LogP contribution in [-0.4, -0.2) is 50.8 Å². The first-order chi connectivity index (χ1) is 12.4. The van der Waals surface area contributed by atoms with Crippen molar-refractivity contribution in [3.8, 4) is 5.75 Å². The lowest BCUT2D eigenvalue weighted by molar-refractivity contribution is -0.132. The molecule has 1 amide bonds. The molecule has 0 spiro atoms. The number of ether oxygens (including phenoxy) is 1. The Labute approximate surface area is 158 Å². The van der Waals surface area contributed by atoms with Gasteiger partial charge in [-0.1, -0.05) is 18.2 Å². The molecule has 26 heavy (non-hydrogen) atoms. The Morgan fingerprint density at radius 1 is 1.35 bits per heavy atom. The van der Waals surface area contributed by atoms with Crippen LogP contribution in [0.3, 0.4) is 0 Å². The molecule has 1 aromatic heterocycles. The molecule has 0 aliphatic carbocycles. The number of thiophene rings is 1. The Hall–Kier alpha value is -1.90. The fraction of sp³-hybridized carbons (Fsp3) is 0.389. The molecule has 0 radical (unpaired) electrons. The molecule has 0 bridgehead atoms. The van der Waals surface area contributed by atoms with E-state index >= 15 is 0 Å². The average molecular weight is 395 g/mol. The Balaban J connectivity index is 1.74. The third-order valence-corrected chi connectivity index (χ3v) is 7.75. The Bertz CT molecular complexity index is 865. The first-order valence-corrected chi connectivity index (χ1v) is 10.7. The first-order valence-electron chi connectivity index (χ1n) is 8.37. The van der Waals surface area contributed by atoms with E-state index in [1.807, 2.05) is 24.3 Å². The normalized spacial score (nSPS) is 17.7. The second kappa shape index (κ2) is 7.77. The molecule has 1 saturated heterocycles. The number of methoxy groups -OCH3 is 1. The maximum Gasteiger partial charge on any atom is 0.252 e. The smallest absolute Gasteiger partial charge is 0.252 e. The fourth-order valence-corrected chi connectivity index (χ4v) is 5.51. The number of likely N-dealkylation sites (tertiary alicyclic amines) is 1. The molecule has 8 heteroatoms. The van der Waals surface area contributed by atoms with Crippen molar-refractivity contribution < 1.29 is 17.9 Å². The van der Waals surface area contributed by atoms with Gasteiger partial charge in [0, 0.05) is 13.6 Å². The summed E-state index contributed by atoms with van der Waals surface area (Å²) in [6.07, 6.45) is 1.76. The monoisotopic (exact) mass is 394 g/mol. The van der Waals surface area contributed by atoms with Gasteiger partial charge in [-0.2, -0.15) is 4.31 Å². The van der Waals surface area contributed by atoms with Crippen molar-refractivity contribution in [3.63, 3.8) is 0 Å². The maximum atomic E-state index is 12.8. The number of rotatable bonds is 6. The lowest BCUT2D eigenvalue weighted by atomic mass is 10.0. The predicted molar refractivity (Wildman–Crippen MR) is 101 cm³/mol. The minimum Gasteiger partial charge on any atom is -0.497 e. The van der Waals surface area contributed by atoms with Gasteiger partial charge in [0.1, 0.15) is 9.96 Å². The quantitative estimate of drug-likeness (QED) is 0.756. The van der Waals surface area contributed by atoms with Crippen LogP contribution in [0.2, 0.25) is 0 Å². The summed E-state index contributed by atoms with van der Waals surface area (Å²) in [5, 5.41) is 1.71. The maximum absolute atomic E-state index is 12.8. The second-order valence-corrected chi connectivity index (χ2v) is 9.43. The SMILES string of the molecule is COc1cccc([C@@H]2CCCN2C(=O)CN(C)S(=O)(=O)c2cccs2)c1. The zero-order valence-corrected chi connectivity index (χ0v) is 16.4. The largest absolute Gasteiger partial charge is 0.497 e. The van der Waals surface area contributed by atoms with E-state index in [1.165, 1.54) is 7.05 Å². The number of benzene rings is 1. The summed E-state index contributed by atoms with van der Waals surface area (Å²) < 4.78 is 31.7. The van der Waals surface area contributed by atoms with Crippen LogP contribution >= 0.6 is 11.3 Å². The molecular formula is C18H22N2O4S2. The molecule has 2 aromatic rings. The highest BCUT2D eigenvalue weighted by atomic mass is 32.2. The summed E-state index contributed by atoms with van der Waals surface area (Å²) >= 11 is 1.15. The third-order valence-electron chi connectivity index (χ3n) is 4.57. The number of amides is 1. The Kier molecular flexibility index (Phi) is 5.64. The van der Waals surface area contributed by atoms with Crippen LogP contribution in [0, 0.1) is 0 Å². The number of hydrogen-bond acceptors (Lipinski definition) is 5. The van der Waals surface area contributed by atoms with Crippen molar-refractivity contribution >= 4 is 27.3 Å². The van der Waals surface area contributed by atoms with Crippen molar-refractivity contribution in [3.05, 3.63) is 47.3 Å². The van der Waals surface area contributed by atoms with Gasteiger partial charge in [-0.3, -0.25) is 4.79 Å². The van der Waals surface area contributed by atoms with Crippen LogP contribution < -0.4 is 4.74 Å². The molecule has 1 aliphatic rings. The number of sulfonamides is 1. The van der Waals surface area contributed by atoms with Crippen molar-refractivity contribution in [2.24, 2.45) is 0 Å². The highest BCUT2D eigenvalue weighted by Crippen LogP contribution is 2.33. The van der Waals surface area contributed by atoms with E-state index in [-0.39, 0.29) is 22.7 Å². The molecule has 0 saturated carbocycles. The van der Waals surface area contributed by atoms with Crippen LogP contribution in [-0.2, 0) is 14.8 Å². The predicted octanol–water partition coefficient (Wildman–Crippen LogP) is 2.74. The molecule has 140 valence electrons. The first kappa shape index (κ1) is 18.9. The van der Waals surface area contributed by atoms with Crippen molar-refractivity contribution in [2.75, 3.05) is 27.2 Å². The van der Waals surface area contributed by atoms with Gasteiger partial charge in [0.05, 0.1) is 19.7 Å². The summed E-state index contributed by atoms with van der Waals surface area (Å²) in [6.45, 7) is 0.467. The van der Waals surface area contributed by atoms with Gasteiger partial charge in [0.2, 0.25) is 5.91 Å². The molecule has 3 rings (SSSR count). The van der Waals surface area contributed by atoms with Gasteiger partial charge in [-0.25, -0.2) is 8.42 Å². The number of carbonyl (C=O) groups is 1. The molecule has 0 N–H and O–H groups in total. The zero-order chi connectivity index (χ0) is 18.7. The summed E-state index contributed by atoms with van der Waals surface area (Å²) in [5.41, 5.74) is 1.01. The van der Waals surface area contributed by atoms with E-state index in [1.54, 1.807) is 29.5 Å². The van der Waals surface area contributed by atoms with Gasteiger partial charge in [0.25, 0.3) is 10.0 Å². The van der Waals surface area contributed by atoms with Gasteiger partial charge in [0.15, 0.2) is 0 Å². The number of hydrogen-bond donors (Lipinski definition) is 0. The number of likely N-dealkylation sites (N-methyl/N-ethyl adjacent to an activating group) is 1. The van der Waals surface area contributed by atoms with E-state index < -0.39 is 10.0 Å². The van der Waals surface area contributed by atoms with Gasteiger partial charge in [-0.15, -0.1) is 11.3 Å². The molecule has 1 fully saturated rings. The van der Waals surface area contributed by atoms with E-state index in [4.69, 9.17) is 4.74 Å². The van der Waals surface area contributed by atoms with Crippen LogP contribution in [0.15, 0.2) is 46.0 Å². The standard InChI is InChI=1S/C18H22N2O4S2/c1-19(26(22,23)18-9-5-11-25-18)13-17(21)20-10-4-8-16(20)14-6-3-7-15(12-14)24-2/h3,5-7,9,11-12,16H,4,8,10,13H2,1-2H3/t16-/m0/s1. The van der Waals surface area contributed by atoms with Crippen molar-refractivity contribution in [2.45, 2.75) is 23.1 Å². The number of carbonyl (C=O) groups excluding carboxylic acids is 1. The highest BCUT2D eigenvalue weighted by Gasteiger charge is 2.32. The molecule has 1 atom stereocenters. The van der Waals surface area contributed by atoms with Crippen LogP contribution in [0.4, 0.5) is 0 Å². The van der Waals surface area contributed by atoms with E-state index in [0.717, 1.165) is 39.8 Å². The van der Waals surface area contributed by atoms with E-state index in [0.29, 0.717) is 6.54 Å². The lowest BCUT2D eigenvalue weighted by Gasteiger charge is -2.27. The Morgan fingerprint density at radius 3 is 2.85 bits per heavy atom. The van der Waals surface area contributed by atoms with Gasteiger partial charge in [-0.05, 0) is 42.0 Å². The minimum absolute atomic E-state index is 0.0459. The van der Waals surface area contributed by atoms with Crippen molar-refractivity contribution in [1.29, 1.82) is 0 Å². The zero-order valence-electron chi connectivity index (χ0n) is 14.8. The molecular weight excluding hydrogens is 372 g/mol. The highest BCUT2D eigenvalue weighted by molar-refractivity contribution is 7.91. The molecule has 1 aliphatic heterocycles. The fourth-order valence-electron chi connectivity index (χ4n) is 3.19. The summed E-state index contributed by atoms with van der Waals surface area (Å²) in [6, 6.07) is 10.9. The van der Waals surface area contributed by atoms with Crippen LogP contribution in [0.5, 0.6) is 5.75 Å². The molecule has 0 unspecified atom stereocenters. The lowest BCUT2D eigenvalue weighted by Crippen LogP contribution is -2.40.